The summed E-state index contributed by atoms with van der Waals surface area (Å²) in [6.45, 7) is 1.74. The van der Waals surface area contributed by atoms with Crippen LogP contribution in [0.5, 0.6) is 0 Å². The second-order valence-corrected chi connectivity index (χ2v) is 4.59. The molecule has 1 aliphatic carbocycles. The van der Waals surface area contributed by atoms with E-state index in [1.807, 2.05) is 0 Å². The molecule has 1 saturated carbocycles. The Balaban J connectivity index is 2.00. The first-order valence-corrected chi connectivity index (χ1v) is 6.04. The molecule has 0 saturated heterocycles. The van der Waals surface area contributed by atoms with Gasteiger partial charge in [-0.3, -0.25) is 10.2 Å². The van der Waals surface area contributed by atoms with Crippen molar-refractivity contribution in [1.82, 2.24) is 15.3 Å². The average Bonchev–Trinajstić information content (AvgIpc) is 3.15. The van der Waals surface area contributed by atoms with Crippen LogP contribution in [0.3, 0.4) is 0 Å². The lowest BCUT2D eigenvalue weighted by Gasteiger charge is -2.15. The molecule has 18 heavy (non-hydrogen) atoms. The van der Waals surface area contributed by atoms with Gasteiger partial charge in [-0.1, -0.05) is 11.6 Å². The number of aromatic nitrogens is 2. The predicted molar refractivity (Wildman–Crippen MR) is 69.1 cm³/mol. The molecular formula is C10H15ClN6O. The van der Waals surface area contributed by atoms with Crippen molar-refractivity contribution in [3.63, 3.8) is 0 Å². The number of hydrazine groups is 1. The second kappa shape index (κ2) is 5.36. The lowest BCUT2D eigenvalue weighted by molar-refractivity contribution is -0.121. The normalized spacial score (nSPS) is 15.9. The third-order valence-electron chi connectivity index (χ3n) is 2.54. The Hall–Kier alpha value is -1.60. The highest BCUT2D eigenvalue weighted by Gasteiger charge is 2.25. The van der Waals surface area contributed by atoms with Gasteiger partial charge < -0.3 is 10.6 Å². The van der Waals surface area contributed by atoms with Crippen molar-refractivity contribution < 1.29 is 4.79 Å². The van der Waals surface area contributed by atoms with E-state index in [1.165, 1.54) is 6.20 Å². The van der Waals surface area contributed by atoms with E-state index in [0.717, 1.165) is 12.8 Å². The first-order chi connectivity index (χ1) is 8.60. The van der Waals surface area contributed by atoms with Gasteiger partial charge in [0, 0.05) is 6.04 Å². The van der Waals surface area contributed by atoms with Crippen LogP contribution in [0.4, 0.5) is 11.8 Å². The number of halogens is 1. The maximum atomic E-state index is 11.8. The van der Waals surface area contributed by atoms with Gasteiger partial charge in [0.25, 0.3) is 0 Å². The van der Waals surface area contributed by atoms with Crippen LogP contribution in [-0.4, -0.2) is 28.0 Å². The van der Waals surface area contributed by atoms with E-state index in [2.05, 4.69) is 26.0 Å². The molecule has 1 aromatic rings. The number of carbonyl (C=O) groups is 1. The lowest BCUT2D eigenvalue weighted by atomic mass is 10.3. The number of amides is 1. The van der Waals surface area contributed by atoms with Crippen molar-refractivity contribution in [2.24, 2.45) is 5.84 Å². The fourth-order valence-corrected chi connectivity index (χ4v) is 1.51. The van der Waals surface area contributed by atoms with Gasteiger partial charge >= 0.3 is 0 Å². The zero-order valence-corrected chi connectivity index (χ0v) is 10.7. The number of nitrogens with two attached hydrogens (primary N) is 1. The Morgan fingerprint density at radius 1 is 1.61 bits per heavy atom. The molecule has 1 aliphatic rings. The van der Waals surface area contributed by atoms with E-state index in [4.69, 9.17) is 17.4 Å². The number of anilines is 2. The third kappa shape index (κ3) is 3.21. The van der Waals surface area contributed by atoms with Crippen molar-refractivity contribution in [2.45, 2.75) is 31.8 Å². The summed E-state index contributed by atoms with van der Waals surface area (Å²) in [4.78, 5) is 19.6. The van der Waals surface area contributed by atoms with Crippen LogP contribution >= 0.6 is 11.6 Å². The number of hydrogen-bond donors (Lipinski definition) is 4. The van der Waals surface area contributed by atoms with Gasteiger partial charge in [0.1, 0.15) is 11.1 Å². The van der Waals surface area contributed by atoms with Crippen LogP contribution < -0.4 is 21.9 Å². The molecule has 1 fully saturated rings. The Morgan fingerprint density at radius 3 is 2.94 bits per heavy atom. The fraction of sp³-hybridized carbons (Fsp3) is 0.500. The highest BCUT2D eigenvalue weighted by Crippen LogP contribution is 2.21. The van der Waals surface area contributed by atoms with Crippen LogP contribution in [0.15, 0.2) is 6.20 Å². The summed E-state index contributed by atoms with van der Waals surface area (Å²) in [5, 5.41) is 6.15. The van der Waals surface area contributed by atoms with E-state index in [1.54, 1.807) is 6.92 Å². The molecule has 98 valence electrons. The van der Waals surface area contributed by atoms with Crippen molar-refractivity contribution in [3.05, 3.63) is 11.2 Å². The van der Waals surface area contributed by atoms with Crippen LogP contribution in [0, 0.1) is 0 Å². The summed E-state index contributed by atoms with van der Waals surface area (Å²) >= 11 is 5.93. The van der Waals surface area contributed by atoms with E-state index >= 15 is 0 Å². The molecule has 0 radical (unpaired) electrons. The summed E-state index contributed by atoms with van der Waals surface area (Å²) in [6.07, 6.45) is 3.51. The number of rotatable bonds is 5. The minimum atomic E-state index is -0.427. The highest BCUT2D eigenvalue weighted by atomic mass is 35.5. The van der Waals surface area contributed by atoms with E-state index in [0.29, 0.717) is 16.9 Å². The maximum Gasteiger partial charge on any atom is 0.242 e. The van der Waals surface area contributed by atoms with Crippen molar-refractivity contribution >= 4 is 29.3 Å². The molecule has 1 atom stereocenters. The molecule has 2 rings (SSSR count). The molecule has 0 spiro atoms. The van der Waals surface area contributed by atoms with E-state index in [-0.39, 0.29) is 11.9 Å². The monoisotopic (exact) mass is 270 g/mol. The summed E-state index contributed by atoms with van der Waals surface area (Å²) in [6, 6.07) is -0.104. The summed E-state index contributed by atoms with van der Waals surface area (Å²) in [5.41, 5.74) is 2.32. The molecule has 0 bridgehead atoms. The van der Waals surface area contributed by atoms with Gasteiger partial charge in [-0.15, -0.1) is 0 Å². The number of carbonyl (C=O) groups excluding carboxylic acids is 1. The zero-order chi connectivity index (χ0) is 13.1. The van der Waals surface area contributed by atoms with E-state index in [9.17, 15) is 4.79 Å². The molecular weight excluding hydrogens is 256 g/mol. The van der Waals surface area contributed by atoms with Gasteiger partial charge in [0.15, 0.2) is 5.82 Å². The quantitative estimate of drug-likeness (QED) is 0.459. The maximum absolute atomic E-state index is 11.8. The van der Waals surface area contributed by atoms with Gasteiger partial charge in [0.2, 0.25) is 11.9 Å². The summed E-state index contributed by atoms with van der Waals surface area (Å²) in [5.74, 6) is 5.74. The van der Waals surface area contributed by atoms with Gasteiger partial charge in [-0.05, 0) is 19.8 Å². The number of hydrogen-bond acceptors (Lipinski definition) is 6. The lowest BCUT2D eigenvalue weighted by Crippen LogP contribution is -2.39. The standard InChI is InChI=1S/C10H15ClN6O/c1-5(9(18)15-6-2-3-6)14-8-7(11)4-13-10(16-8)17-12/h4-6H,2-3,12H2,1H3,(H,15,18)(H2,13,14,16,17). The van der Waals surface area contributed by atoms with Crippen molar-refractivity contribution in [2.75, 3.05) is 10.7 Å². The Labute approximate surface area is 109 Å². The van der Waals surface area contributed by atoms with Crippen LogP contribution in [0.2, 0.25) is 5.02 Å². The molecule has 1 aromatic heterocycles. The SMILES string of the molecule is CC(Nc1nc(NN)ncc1Cl)C(=O)NC1CC1. The van der Waals surface area contributed by atoms with Crippen molar-refractivity contribution in [1.29, 1.82) is 0 Å². The Kier molecular flexibility index (Phi) is 3.83. The molecule has 5 N–H and O–H groups in total. The summed E-state index contributed by atoms with van der Waals surface area (Å²) < 4.78 is 0. The molecule has 0 aliphatic heterocycles. The first-order valence-electron chi connectivity index (χ1n) is 5.66. The topological polar surface area (TPSA) is 105 Å². The first kappa shape index (κ1) is 12.8. The van der Waals surface area contributed by atoms with E-state index < -0.39 is 6.04 Å². The van der Waals surface area contributed by atoms with Crippen LogP contribution in [0.25, 0.3) is 0 Å². The van der Waals surface area contributed by atoms with Crippen LogP contribution in [0.1, 0.15) is 19.8 Å². The highest BCUT2D eigenvalue weighted by molar-refractivity contribution is 6.32. The smallest absolute Gasteiger partial charge is 0.242 e. The Morgan fingerprint density at radius 2 is 2.33 bits per heavy atom. The molecule has 8 heteroatoms. The number of nitrogens with zero attached hydrogens (tertiary/aromatic N) is 2. The van der Waals surface area contributed by atoms with Crippen molar-refractivity contribution in [3.8, 4) is 0 Å². The number of nitrogen functional groups attached to an aromatic ring is 1. The third-order valence-corrected chi connectivity index (χ3v) is 2.82. The number of nitrogens with one attached hydrogen (secondary N) is 3. The fourth-order valence-electron chi connectivity index (χ4n) is 1.36. The predicted octanol–water partition coefficient (Wildman–Crippen LogP) is 0.495. The van der Waals surface area contributed by atoms with Gasteiger partial charge in [-0.2, -0.15) is 4.98 Å². The zero-order valence-electron chi connectivity index (χ0n) is 9.90. The second-order valence-electron chi connectivity index (χ2n) is 4.18. The minimum Gasteiger partial charge on any atom is -0.357 e. The van der Waals surface area contributed by atoms with Gasteiger partial charge in [0.05, 0.1) is 6.20 Å². The Bertz CT molecular complexity index is 450. The minimum absolute atomic E-state index is 0.0746. The largest absolute Gasteiger partial charge is 0.357 e. The molecule has 1 heterocycles. The molecule has 1 amide bonds. The molecule has 7 nitrogen and oxygen atoms in total. The van der Waals surface area contributed by atoms with Gasteiger partial charge in [-0.25, -0.2) is 10.8 Å². The average molecular weight is 271 g/mol. The van der Waals surface area contributed by atoms with Crippen LogP contribution in [-0.2, 0) is 4.79 Å². The summed E-state index contributed by atoms with van der Waals surface area (Å²) in [7, 11) is 0. The molecule has 1 unspecified atom stereocenters. The molecule has 0 aromatic carbocycles.